The van der Waals surface area contributed by atoms with Crippen LogP contribution in [-0.2, 0) is 0 Å². The van der Waals surface area contributed by atoms with E-state index in [0.717, 1.165) is 0 Å². The lowest BCUT2D eigenvalue weighted by molar-refractivity contribution is 0.242. The second-order valence-electron chi connectivity index (χ2n) is 4.04. The fourth-order valence-electron chi connectivity index (χ4n) is 1.57. The molecular weight excluding hydrogens is 146 g/mol. The van der Waals surface area contributed by atoms with Crippen LogP contribution in [0.4, 0.5) is 0 Å². The largest absolute Gasteiger partial charge is 0.305 e. The van der Waals surface area contributed by atoms with Crippen LogP contribution >= 0.6 is 0 Å². The summed E-state index contributed by atoms with van der Waals surface area (Å²) in [5, 5.41) is 0. The molecule has 68 valence electrons. The first-order valence-corrected chi connectivity index (χ1v) is 4.88. The summed E-state index contributed by atoms with van der Waals surface area (Å²) in [5.41, 5.74) is 0. The first-order valence-electron chi connectivity index (χ1n) is 4.88. The molecule has 0 N–H and O–H groups in total. The molecule has 1 heterocycles. The van der Waals surface area contributed by atoms with E-state index in [0.29, 0.717) is 11.8 Å². The highest BCUT2D eigenvalue weighted by Crippen LogP contribution is 2.13. The van der Waals surface area contributed by atoms with Crippen molar-refractivity contribution in [2.45, 2.75) is 26.7 Å². The zero-order chi connectivity index (χ0) is 8.97. The summed E-state index contributed by atoms with van der Waals surface area (Å²) in [6, 6.07) is 0. The van der Waals surface area contributed by atoms with E-state index in [1.807, 2.05) is 0 Å². The van der Waals surface area contributed by atoms with Crippen molar-refractivity contribution in [2.24, 2.45) is 11.8 Å². The summed E-state index contributed by atoms with van der Waals surface area (Å²) in [5.74, 6) is 7.77. The van der Waals surface area contributed by atoms with Crippen LogP contribution in [0.3, 0.4) is 0 Å². The van der Waals surface area contributed by atoms with E-state index >= 15 is 0 Å². The third-order valence-corrected chi connectivity index (χ3v) is 2.20. The van der Waals surface area contributed by atoms with Crippen molar-refractivity contribution in [3.8, 4) is 11.8 Å². The highest BCUT2D eigenvalue weighted by Gasteiger charge is 2.14. The molecule has 1 aliphatic heterocycles. The van der Waals surface area contributed by atoms with E-state index in [-0.39, 0.29) is 0 Å². The number of likely N-dealkylation sites (tertiary alicyclic amines) is 1. The van der Waals surface area contributed by atoms with Gasteiger partial charge in [-0.05, 0) is 26.4 Å². The lowest BCUT2D eigenvalue weighted by atomic mass is 9.98. The van der Waals surface area contributed by atoms with Crippen LogP contribution in [0.5, 0.6) is 0 Å². The van der Waals surface area contributed by atoms with Gasteiger partial charge in [0, 0.05) is 18.4 Å². The van der Waals surface area contributed by atoms with Crippen molar-refractivity contribution in [2.75, 3.05) is 20.1 Å². The van der Waals surface area contributed by atoms with Crippen molar-refractivity contribution >= 4 is 0 Å². The smallest absolute Gasteiger partial charge is 0.0330 e. The fourth-order valence-corrected chi connectivity index (χ4v) is 1.57. The number of piperidine rings is 1. The molecule has 0 spiro atoms. The summed E-state index contributed by atoms with van der Waals surface area (Å²) in [7, 11) is 2.18. The Morgan fingerprint density at radius 2 is 2.17 bits per heavy atom. The van der Waals surface area contributed by atoms with E-state index < -0.39 is 0 Å². The van der Waals surface area contributed by atoms with Gasteiger partial charge < -0.3 is 4.90 Å². The van der Waals surface area contributed by atoms with E-state index in [9.17, 15) is 0 Å². The molecule has 1 atom stereocenters. The van der Waals surface area contributed by atoms with Crippen LogP contribution in [0.2, 0.25) is 0 Å². The minimum absolute atomic E-state index is 0.525. The minimum atomic E-state index is 0.525. The zero-order valence-corrected chi connectivity index (χ0v) is 8.43. The monoisotopic (exact) mass is 165 g/mol. The normalized spacial score (nSPS) is 25.2. The predicted octanol–water partition coefficient (Wildman–Crippen LogP) is 1.99. The Bertz CT molecular complexity index is 185. The predicted molar refractivity (Wildman–Crippen MR) is 52.8 cm³/mol. The molecular formula is C11H19N. The van der Waals surface area contributed by atoms with Crippen molar-refractivity contribution in [1.29, 1.82) is 0 Å². The topological polar surface area (TPSA) is 3.24 Å². The fraction of sp³-hybridized carbons (Fsp3) is 0.818. The van der Waals surface area contributed by atoms with Gasteiger partial charge in [-0.1, -0.05) is 19.8 Å². The van der Waals surface area contributed by atoms with Gasteiger partial charge in [-0.3, -0.25) is 0 Å². The van der Waals surface area contributed by atoms with Crippen molar-refractivity contribution in [3.63, 3.8) is 0 Å². The average molecular weight is 165 g/mol. The summed E-state index contributed by atoms with van der Waals surface area (Å²) >= 11 is 0. The Hall–Kier alpha value is -0.480. The van der Waals surface area contributed by atoms with Crippen LogP contribution in [0, 0.1) is 23.7 Å². The van der Waals surface area contributed by atoms with E-state index in [1.165, 1.54) is 25.9 Å². The van der Waals surface area contributed by atoms with Crippen molar-refractivity contribution in [3.05, 3.63) is 0 Å². The summed E-state index contributed by atoms with van der Waals surface area (Å²) in [4.78, 5) is 2.38. The molecule has 0 aromatic heterocycles. The summed E-state index contributed by atoms with van der Waals surface area (Å²) in [6.07, 6.45) is 2.61. The maximum absolute atomic E-state index is 3.36. The molecule has 1 aliphatic rings. The zero-order valence-electron chi connectivity index (χ0n) is 8.43. The van der Waals surface area contributed by atoms with Gasteiger partial charge in [0.15, 0.2) is 0 Å². The highest BCUT2D eigenvalue weighted by molar-refractivity contribution is 5.06. The molecule has 0 amide bonds. The maximum atomic E-state index is 3.36. The van der Waals surface area contributed by atoms with E-state index in [2.05, 4.69) is 37.6 Å². The van der Waals surface area contributed by atoms with Gasteiger partial charge in [0.25, 0.3) is 0 Å². The van der Waals surface area contributed by atoms with Gasteiger partial charge in [0.2, 0.25) is 0 Å². The van der Waals surface area contributed by atoms with Gasteiger partial charge in [0.1, 0.15) is 0 Å². The van der Waals surface area contributed by atoms with Gasteiger partial charge in [-0.2, -0.15) is 0 Å². The van der Waals surface area contributed by atoms with Crippen LogP contribution in [-0.4, -0.2) is 25.0 Å². The molecule has 12 heavy (non-hydrogen) atoms. The van der Waals surface area contributed by atoms with Crippen LogP contribution in [0.15, 0.2) is 0 Å². The molecule has 0 aromatic rings. The molecule has 0 saturated carbocycles. The molecule has 0 aliphatic carbocycles. The van der Waals surface area contributed by atoms with Crippen molar-refractivity contribution < 1.29 is 0 Å². The lowest BCUT2D eigenvalue weighted by Gasteiger charge is -2.26. The molecule has 0 radical (unpaired) electrons. The molecule has 1 heteroatoms. The molecule has 1 unspecified atom stereocenters. The second kappa shape index (κ2) is 4.52. The molecule has 1 fully saturated rings. The van der Waals surface area contributed by atoms with Crippen LogP contribution in [0.25, 0.3) is 0 Å². The number of hydrogen-bond donors (Lipinski definition) is 0. The Kier molecular flexibility index (Phi) is 3.62. The summed E-state index contributed by atoms with van der Waals surface area (Å²) in [6.45, 7) is 6.72. The number of nitrogens with zero attached hydrogens (tertiary/aromatic N) is 1. The van der Waals surface area contributed by atoms with Gasteiger partial charge in [-0.15, -0.1) is 5.92 Å². The molecule has 0 aromatic carbocycles. The van der Waals surface area contributed by atoms with Gasteiger partial charge in [0.05, 0.1) is 0 Å². The Morgan fingerprint density at radius 3 is 2.75 bits per heavy atom. The average Bonchev–Trinajstić information content (AvgIpc) is 2.01. The van der Waals surface area contributed by atoms with Crippen LogP contribution in [0.1, 0.15) is 26.7 Å². The van der Waals surface area contributed by atoms with E-state index in [4.69, 9.17) is 0 Å². The third-order valence-electron chi connectivity index (χ3n) is 2.20. The minimum Gasteiger partial charge on any atom is -0.305 e. The summed E-state index contributed by atoms with van der Waals surface area (Å²) < 4.78 is 0. The first kappa shape index (κ1) is 9.61. The molecule has 0 bridgehead atoms. The quantitative estimate of drug-likeness (QED) is 0.496. The molecule has 1 nitrogen and oxygen atoms in total. The number of rotatable bonds is 0. The Labute approximate surface area is 76.1 Å². The molecule has 1 saturated heterocycles. The van der Waals surface area contributed by atoms with Gasteiger partial charge in [-0.25, -0.2) is 0 Å². The Morgan fingerprint density at radius 1 is 1.42 bits per heavy atom. The van der Waals surface area contributed by atoms with Gasteiger partial charge >= 0.3 is 0 Å². The highest BCUT2D eigenvalue weighted by atomic mass is 15.1. The molecule has 1 rings (SSSR count). The van der Waals surface area contributed by atoms with Crippen molar-refractivity contribution in [1.82, 2.24) is 4.90 Å². The maximum Gasteiger partial charge on any atom is 0.0330 e. The SMILES string of the molecule is CC(C)C#CC1CCCN(C)C1. The number of hydrogen-bond acceptors (Lipinski definition) is 1. The van der Waals surface area contributed by atoms with E-state index in [1.54, 1.807) is 0 Å². The second-order valence-corrected chi connectivity index (χ2v) is 4.04. The third kappa shape index (κ3) is 3.28. The first-order chi connectivity index (χ1) is 5.68. The van der Waals surface area contributed by atoms with Crippen LogP contribution < -0.4 is 0 Å². The lowest BCUT2D eigenvalue weighted by Crippen LogP contribution is -2.31. The Balaban J connectivity index is 2.38. The standard InChI is InChI=1S/C11H19N/c1-10(2)6-7-11-5-4-8-12(3)9-11/h10-11H,4-5,8-9H2,1-3H3.